The van der Waals surface area contributed by atoms with Crippen LogP contribution in [0.1, 0.15) is 54.1 Å². The van der Waals surface area contributed by atoms with Crippen LogP contribution in [0.5, 0.6) is 0 Å². The summed E-state index contributed by atoms with van der Waals surface area (Å²) in [7, 11) is -3.65. The maximum atomic E-state index is 12.9. The highest BCUT2D eigenvalue weighted by Gasteiger charge is 2.34. The molecule has 0 saturated carbocycles. The fourth-order valence-corrected chi connectivity index (χ4v) is 5.52. The number of sulfonamides is 1. The minimum Gasteiger partial charge on any atom is -0.469 e. The Morgan fingerprint density at radius 3 is 2.76 bits per heavy atom. The maximum Gasteiger partial charge on any atom is 0.240 e. The maximum absolute atomic E-state index is 12.9. The number of aromatic nitrogens is 1. The number of aryl methyl sites for hydroxylation is 2. The topological polar surface area (TPSA) is 92.2 Å². The lowest BCUT2D eigenvalue weighted by Crippen LogP contribution is -2.26. The van der Waals surface area contributed by atoms with Gasteiger partial charge in [-0.05, 0) is 55.0 Å². The number of H-pyrrole nitrogens is 1. The number of Topliss-reactive ketones (excluding diaryl/α,β-unsaturated/α-hetero) is 1. The molecule has 0 amide bonds. The van der Waals surface area contributed by atoms with Crippen LogP contribution >= 0.6 is 0 Å². The third-order valence-corrected chi connectivity index (χ3v) is 7.11. The molecule has 0 radical (unpaired) electrons. The number of carbonyl (C=O) groups is 1. The van der Waals surface area contributed by atoms with E-state index in [0.29, 0.717) is 36.9 Å². The number of hydrogen-bond donors (Lipinski definition) is 2. The zero-order valence-corrected chi connectivity index (χ0v) is 17.8. The van der Waals surface area contributed by atoms with Crippen LogP contribution in [-0.2, 0) is 22.9 Å². The molecule has 0 unspecified atom stereocenters. The molecule has 0 spiro atoms. The lowest BCUT2D eigenvalue weighted by Gasteiger charge is -2.28. The van der Waals surface area contributed by atoms with Gasteiger partial charge >= 0.3 is 0 Å². The van der Waals surface area contributed by atoms with Gasteiger partial charge < -0.3 is 9.40 Å². The van der Waals surface area contributed by atoms with Gasteiger partial charge in [0.25, 0.3) is 0 Å². The average molecular weight is 415 g/mol. The Bertz CT molecular complexity index is 1170. The van der Waals surface area contributed by atoms with Crippen LogP contribution < -0.4 is 4.72 Å². The second-order valence-electron chi connectivity index (χ2n) is 8.66. The molecule has 2 heterocycles. The summed E-state index contributed by atoms with van der Waals surface area (Å²) in [6.45, 7) is 6.25. The predicted octanol–water partition coefficient (Wildman–Crippen LogP) is 4.14. The summed E-state index contributed by atoms with van der Waals surface area (Å²) in [5, 5.41) is 0.815. The van der Waals surface area contributed by atoms with Crippen molar-refractivity contribution in [2.45, 2.75) is 51.3 Å². The van der Waals surface area contributed by atoms with E-state index in [4.69, 9.17) is 4.42 Å². The molecule has 3 aromatic rings. The van der Waals surface area contributed by atoms with Gasteiger partial charge in [-0.25, -0.2) is 13.1 Å². The summed E-state index contributed by atoms with van der Waals surface area (Å²) in [4.78, 5) is 16.2. The van der Waals surface area contributed by atoms with E-state index in [-0.39, 0.29) is 16.1 Å². The van der Waals surface area contributed by atoms with Crippen LogP contribution in [0.15, 0.2) is 39.8 Å². The van der Waals surface area contributed by atoms with E-state index in [9.17, 15) is 13.2 Å². The van der Waals surface area contributed by atoms with Crippen LogP contribution in [0.3, 0.4) is 0 Å². The largest absolute Gasteiger partial charge is 0.469 e. The van der Waals surface area contributed by atoms with Crippen molar-refractivity contribution in [3.8, 4) is 0 Å². The molecule has 0 bridgehead atoms. The van der Waals surface area contributed by atoms with Crippen molar-refractivity contribution in [1.29, 1.82) is 0 Å². The third kappa shape index (κ3) is 3.89. The minimum absolute atomic E-state index is 0.0928. The Kier molecular flexibility index (Phi) is 4.91. The normalized spacial score (nSPS) is 16.3. The van der Waals surface area contributed by atoms with E-state index in [1.165, 1.54) is 0 Å². The highest BCUT2D eigenvalue weighted by molar-refractivity contribution is 7.89. The lowest BCUT2D eigenvalue weighted by molar-refractivity contribution is 0.0913. The number of carbonyl (C=O) groups excluding carboxylic acids is 1. The summed E-state index contributed by atoms with van der Waals surface area (Å²) in [6, 6.07) is 7.17. The molecule has 2 aromatic heterocycles. The van der Waals surface area contributed by atoms with E-state index >= 15 is 0 Å². The average Bonchev–Trinajstić information content (AvgIpc) is 3.24. The van der Waals surface area contributed by atoms with Crippen LogP contribution in [0.25, 0.3) is 10.9 Å². The van der Waals surface area contributed by atoms with E-state index in [1.54, 1.807) is 19.3 Å². The molecular weight excluding hydrogens is 388 g/mol. The summed E-state index contributed by atoms with van der Waals surface area (Å²) in [5.74, 6) is 0.958. The van der Waals surface area contributed by atoms with Gasteiger partial charge in [0.1, 0.15) is 5.76 Å². The predicted molar refractivity (Wildman–Crippen MR) is 112 cm³/mol. The van der Waals surface area contributed by atoms with E-state index in [0.717, 1.165) is 28.8 Å². The molecule has 6 nitrogen and oxygen atoms in total. The molecule has 1 aliphatic carbocycles. The van der Waals surface area contributed by atoms with Crippen LogP contribution in [-0.4, -0.2) is 25.7 Å². The molecule has 0 fully saturated rings. The summed E-state index contributed by atoms with van der Waals surface area (Å²) < 4.78 is 33.7. The van der Waals surface area contributed by atoms with Gasteiger partial charge in [-0.2, -0.15) is 0 Å². The quantitative estimate of drug-likeness (QED) is 0.593. The molecule has 0 saturated heterocycles. The van der Waals surface area contributed by atoms with Gasteiger partial charge in [0.05, 0.1) is 11.2 Å². The molecule has 0 atom stereocenters. The molecule has 4 rings (SSSR count). The summed E-state index contributed by atoms with van der Waals surface area (Å²) in [6.07, 6.45) is 4.21. The molecule has 29 heavy (non-hydrogen) atoms. The van der Waals surface area contributed by atoms with Crippen LogP contribution in [0, 0.1) is 12.3 Å². The Morgan fingerprint density at radius 1 is 1.24 bits per heavy atom. The van der Waals surface area contributed by atoms with Crippen molar-refractivity contribution in [3.63, 3.8) is 0 Å². The van der Waals surface area contributed by atoms with Gasteiger partial charge in [0.2, 0.25) is 10.0 Å². The highest BCUT2D eigenvalue weighted by Crippen LogP contribution is 2.38. The van der Waals surface area contributed by atoms with Gasteiger partial charge in [-0.1, -0.05) is 13.8 Å². The van der Waals surface area contributed by atoms with E-state index in [1.807, 2.05) is 18.2 Å². The molecular formula is C22H26N2O4S. The number of rotatable bonds is 6. The molecule has 0 aliphatic heterocycles. The molecule has 2 N–H and O–H groups in total. The van der Waals surface area contributed by atoms with Crippen molar-refractivity contribution in [3.05, 3.63) is 53.1 Å². The zero-order chi connectivity index (χ0) is 20.8. The number of nitrogens with one attached hydrogen (secondary N) is 2. The van der Waals surface area contributed by atoms with Crippen molar-refractivity contribution >= 4 is 26.7 Å². The number of fused-ring (bicyclic) bond motifs is 3. The van der Waals surface area contributed by atoms with Crippen molar-refractivity contribution < 1.29 is 17.6 Å². The SMILES string of the molecule is Cc1cc2c3c([nH]c2cc1S(=O)(=O)NCCCc1ccco1)CC(C)(C)CC3=O. The van der Waals surface area contributed by atoms with Gasteiger partial charge in [-0.15, -0.1) is 0 Å². The Labute approximate surface area is 170 Å². The first-order chi connectivity index (χ1) is 13.7. The number of aromatic amines is 1. The summed E-state index contributed by atoms with van der Waals surface area (Å²) in [5.41, 5.74) is 2.86. The highest BCUT2D eigenvalue weighted by atomic mass is 32.2. The van der Waals surface area contributed by atoms with Crippen molar-refractivity contribution in [1.82, 2.24) is 9.71 Å². The number of benzene rings is 1. The fraction of sp³-hybridized carbons (Fsp3) is 0.409. The minimum atomic E-state index is -3.65. The molecule has 154 valence electrons. The van der Waals surface area contributed by atoms with Crippen molar-refractivity contribution in [2.24, 2.45) is 5.41 Å². The summed E-state index contributed by atoms with van der Waals surface area (Å²) >= 11 is 0. The third-order valence-electron chi connectivity index (χ3n) is 5.51. The van der Waals surface area contributed by atoms with Gasteiger partial charge in [0, 0.05) is 41.5 Å². The molecule has 1 aliphatic rings. The fourth-order valence-electron chi connectivity index (χ4n) is 4.19. The van der Waals surface area contributed by atoms with Crippen LogP contribution in [0.4, 0.5) is 0 Å². The Morgan fingerprint density at radius 2 is 2.03 bits per heavy atom. The first-order valence-electron chi connectivity index (χ1n) is 9.87. The molecule has 7 heteroatoms. The first-order valence-corrected chi connectivity index (χ1v) is 11.4. The Balaban J connectivity index is 1.59. The molecule has 1 aromatic carbocycles. The monoisotopic (exact) mass is 414 g/mol. The van der Waals surface area contributed by atoms with Crippen LogP contribution in [0.2, 0.25) is 0 Å². The second kappa shape index (κ2) is 7.15. The second-order valence-corrected chi connectivity index (χ2v) is 10.4. The first kappa shape index (κ1) is 19.9. The number of ketones is 1. The van der Waals surface area contributed by atoms with E-state index in [2.05, 4.69) is 23.6 Å². The van der Waals surface area contributed by atoms with E-state index < -0.39 is 10.0 Å². The van der Waals surface area contributed by atoms with Gasteiger partial charge in [0.15, 0.2) is 5.78 Å². The van der Waals surface area contributed by atoms with Gasteiger partial charge in [-0.3, -0.25) is 4.79 Å². The zero-order valence-electron chi connectivity index (χ0n) is 17.0. The standard InChI is InChI=1S/C22H26N2O4S/c1-14-10-16-17(24-18-12-22(2,3)13-19(25)21(16)18)11-20(14)29(26,27)23-8-4-6-15-7-5-9-28-15/h5,7,9-11,23-24H,4,6,8,12-13H2,1-3H3. The van der Waals surface area contributed by atoms with Crippen molar-refractivity contribution in [2.75, 3.05) is 6.54 Å². The number of furan rings is 1. The lowest BCUT2D eigenvalue weighted by atomic mass is 9.76. The Hall–Kier alpha value is -2.38. The smallest absolute Gasteiger partial charge is 0.240 e. The number of hydrogen-bond acceptors (Lipinski definition) is 4.